The van der Waals surface area contributed by atoms with Crippen molar-refractivity contribution in [3.63, 3.8) is 0 Å². The summed E-state index contributed by atoms with van der Waals surface area (Å²) in [5.41, 5.74) is 12.9. The molecule has 0 fully saturated rings. The second-order valence-corrected chi connectivity index (χ2v) is 25.5. The monoisotopic (exact) mass is 1190 g/mol. The molecule has 0 aliphatic rings. The summed E-state index contributed by atoms with van der Waals surface area (Å²) in [7, 11) is 0. The topological polar surface area (TPSA) is 35.9 Å². The Kier molecular flexibility index (Phi) is 14.4. The average molecular weight is 1190 g/mol. The fourth-order valence-corrected chi connectivity index (χ4v) is 10.9. The molecule has 0 saturated carbocycles. The number of ether oxygens (including phenoxy) is 1. The van der Waals surface area contributed by atoms with E-state index in [0.717, 1.165) is 55.9 Å². The summed E-state index contributed by atoms with van der Waals surface area (Å²) in [5, 5.41) is 2.25. The summed E-state index contributed by atoms with van der Waals surface area (Å²) in [5.74, 6) is 2.03. The van der Waals surface area contributed by atoms with Gasteiger partial charge >= 0.3 is 0 Å². The zero-order valence-electron chi connectivity index (χ0n) is 47.8. The van der Waals surface area contributed by atoms with Gasteiger partial charge in [0.05, 0.1) is 17.1 Å². The average Bonchev–Trinajstić information content (AvgIpc) is 4.07. The van der Waals surface area contributed by atoms with Crippen LogP contribution in [0.3, 0.4) is 0 Å². The van der Waals surface area contributed by atoms with Crippen LogP contribution in [0.25, 0.3) is 39.0 Å². The number of aromatic nitrogens is 4. The second-order valence-electron chi connectivity index (χ2n) is 25.5. The summed E-state index contributed by atoms with van der Waals surface area (Å²) < 4.78 is 14.0. The van der Waals surface area contributed by atoms with Gasteiger partial charge in [0.15, 0.2) is 0 Å². The van der Waals surface area contributed by atoms with E-state index >= 15 is 0 Å². The Bertz CT molecular complexity index is 3750. The van der Waals surface area contributed by atoms with Crippen LogP contribution in [0.5, 0.6) is 11.5 Å². The predicted octanol–water partition coefficient (Wildman–Crippen LogP) is 17.3. The number of rotatable bonds is 11. The molecule has 10 aromatic rings. The maximum Gasteiger partial charge on any atom is 0.267 e. The van der Waals surface area contributed by atoms with Crippen LogP contribution in [-0.2, 0) is 53.6 Å². The van der Waals surface area contributed by atoms with Crippen molar-refractivity contribution in [3.8, 4) is 28.7 Å². The number of imidazole rings is 1. The molecule has 0 atom stereocenters. The first-order chi connectivity index (χ1) is 35.8. The van der Waals surface area contributed by atoms with Crippen LogP contribution in [0.2, 0.25) is 0 Å². The molecule has 6 heteroatoms. The Morgan fingerprint density at radius 1 is 0.442 bits per heavy atom. The van der Waals surface area contributed by atoms with E-state index in [4.69, 9.17) is 9.72 Å². The van der Waals surface area contributed by atoms with E-state index < -0.39 is 10.8 Å². The third kappa shape index (κ3) is 10.4. The minimum atomic E-state index is -0.532. The van der Waals surface area contributed by atoms with Crippen molar-refractivity contribution >= 4 is 21.8 Å². The Labute approximate surface area is 473 Å². The van der Waals surface area contributed by atoms with Crippen molar-refractivity contribution in [2.24, 2.45) is 0 Å². The van der Waals surface area contributed by atoms with Gasteiger partial charge in [-0.1, -0.05) is 225 Å². The summed E-state index contributed by atoms with van der Waals surface area (Å²) in [6, 6.07) is 69.1. The SMILES string of the molecule is CC(C)(C)c1cc(Oc2[c-]c3c(cc2)c2cc(C(C)(C)C)ccc2n3-c2cc(C(C)(C)C)ccn2)[c-]c(-n2[c-][n+](-c3cccc(C(C)(C)c4ccccc4)c3)c(C(C)(C)c3ccccc3)c2C(C)(C)c2ccccc2)c1.[Pt]. The fourth-order valence-electron chi connectivity index (χ4n) is 10.9. The van der Waals surface area contributed by atoms with Crippen LogP contribution in [0, 0.1) is 18.5 Å². The maximum absolute atomic E-state index is 7.11. The van der Waals surface area contributed by atoms with Crippen molar-refractivity contribution < 1.29 is 30.4 Å². The Morgan fingerprint density at radius 2 is 1.00 bits per heavy atom. The third-order valence-corrected chi connectivity index (χ3v) is 15.9. The first kappa shape index (κ1) is 55.0. The second kappa shape index (κ2) is 20.2. The molecule has 396 valence electrons. The van der Waals surface area contributed by atoms with E-state index in [1.165, 1.54) is 33.4 Å². The molecule has 0 unspecified atom stereocenters. The number of fused-ring (bicyclic) bond motifs is 3. The molecule has 10 rings (SSSR count). The number of hydrogen-bond acceptors (Lipinski definition) is 2. The number of hydrogen-bond donors (Lipinski definition) is 0. The molecule has 0 N–H and O–H groups in total. The molecule has 3 aromatic heterocycles. The van der Waals surface area contributed by atoms with Gasteiger partial charge in [-0.15, -0.1) is 29.7 Å². The van der Waals surface area contributed by atoms with E-state index in [0.29, 0.717) is 11.5 Å². The molecule has 3 heterocycles. The van der Waals surface area contributed by atoms with E-state index in [1.807, 2.05) is 6.20 Å². The zero-order chi connectivity index (χ0) is 54.2. The van der Waals surface area contributed by atoms with E-state index in [9.17, 15) is 0 Å². The molecule has 0 amide bonds. The molecule has 0 radical (unpaired) electrons. The van der Waals surface area contributed by atoms with Gasteiger partial charge in [0, 0.05) is 60.5 Å². The Hall–Kier alpha value is -6.81. The van der Waals surface area contributed by atoms with Crippen molar-refractivity contribution in [3.05, 3.63) is 245 Å². The van der Waals surface area contributed by atoms with Gasteiger partial charge in [0.2, 0.25) is 0 Å². The van der Waals surface area contributed by atoms with Crippen molar-refractivity contribution in [2.75, 3.05) is 0 Å². The zero-order valence-corrected chi connectivity index (χ0v) is 50.0. The third-order valence-electron chi connectivity index (χ3n) is 15.9. The van der Waals surface area contributed by atoms with Gasteiger partial charge in [0.25, 0.3) is 6.33 Å². The van der Waals surface area contributed by atoms with Gasteiger partial charge in [-0.05, 0) is 91.0 Å². The molecule has 7 aromatic carbocycles. The molecular weight excluding hydrogens is 1120 g/mol. The number of pyridine rings is 1. The number of benzene rings is 7. The van der Waals surface area contributed by atoms with E-state index in [1.54, 1.807) is 0 Å². The maximum atomic E-state index is 7.11. The molecule has 77 heavy (non-hydrogen) atoms. The molecule has 0 bridgehead atoms. The van der Waals surface area contributed by atoms with Gasteiger partial charge in [0.1, 0.15) is 5.82 Å². The van der Waals surface area contributed by atoms with E-state index in [2.05, 4.69) is 306 Å². The molecular formula is C71H74N4OPt-2. The van der Waals surface area contributed by atoms with Crippen LogP contribution >= 0.6 is 0 Å². The molecule has 0 spiro atoms. The standard InChI is InChI=1S/C71H74N4O.Pt/c1-66(2,3)51-34-37-61-60(43-51)59-36-35-57(46-62(59)75(61)63-44-52(38-39-72-63)67(4,5)6)76-58-42-54(68(7,8)9)41-56(45-58)74-47-73(55-33-25-32-53(40-55)69(10,11)48-26-19-16-20-27-48)64(70(12,13)49-28-21-17-22-29-49)65(74)71(14,15)50-30-23-18-24-31-50;/h16-44H,1-15H3;/q-2;. The van der Waals surface area contributed by atoms with Gasteiger partial charge in [-0.3, -0.25) is 4.57 Å². The Morgan fingerprint density at radius 3 is 1.60 bits per heavy atom. The minimum Gasteiger partial charge on any atom is -0.510 e. The van der Waals surface area contributed by atoms with Gasteiger partial charge in [-0.25, -0.2) is 4.98 Å². The van der Waals surface area contributed by atoms with Gasteiger partial charge in [-0.2, -0.15) is 17.7 Å². The van der Waals surface area contributed by atoms with E-state index in [-0.39, 0.29) is 42.7 Å². The van der Waals surface area contributed by atoms with Crippen LogP contribution in [0.4, 0.5) is 0 Å². The predicted molar refractivity (Wildman–Crippen MR) is 314 cm³/mol. The molecule has 0 aliphatic carbocycles. The first-order valence-corrected chi connectivity index (χ1v) is 27.0. The normalized spacial score (nSPS) is 12.8. The molecule has 0 aliphatic heterocycles. The quantitative estimate of drug-likeness (QED) is 0.0956. The van der Waals surface area contributed by atoms with Crippen LogP contribution in [0.1, 0.15) is 154 Å². The largest absolute Gasteiger partial charge is 0.510 e. The smallest absolute Gasteiger partial charge is 0.267 e. The summed E-state index contributed by atoms with van der Waals surface area (Å²) >= 11 is 0. The minimum absolute atomic E-state index is 0. The van der Waals surface area contributed by atoms with Crippen LogP contribution in [0.15, 0.2) is 176 Å². The van der Waals surface area contributed by atoms with Gasteiger partial charge < -0.3 is 13.9 Å². The number of nitrogens with zero attached hydrogens (tertiary/aromatic N) is 4. The van der Waals surface area contributed by atoms with Crippen LogP contribution < -0.4 is 9.30 Å². The van der Waals surface area contributed by atoms with Crippen molar-refractivity contribution in [2.45, 2.75) is 136 Å². The van der Waals surface area contributed by atoms with Crippen molar-refractivity contribution in [1.29, 1.82) is 0 Å². The molecule has 5 nitrogen and oxygen atoms in total. The summed E-state index contributed by atoms with van der Waals surface area (Å²) in [6.07, 6.45) is 5.97. The van der Waals surface area contributed by atoms with Crippen molar-refractivity contribution in [1.82, 2.24) is 14.1 Å². The Balaban J connectivity index is 0.00000722. The summed E-state index contributed by atoms with van der Waals surface area (Å²) in [6.45, 7) is 34.3. The van der Waals surface area contributed by atoms with Crippen LogP contribution in [-0.4, -0.2) is 14.1 Å². The summed E-state index contributed by atoms with van der Waals surface area (Å²) in [4.78, 5) is 5.00. The first-order valence-electron chi connectivity index (χ1n) is 27.0. The fraction of sp³-hybridized carbons (Fsp3) is 0.296. The molecule has 0 saturated heterocycles.